The van der Waals surface area contributed by atoms with E-state index in [1.54, 1.807) is 7.11 Å². The summed E-state index contributed by atoms with van der Waals surface area (Å²) in [6.07, 6.45) is 0. The maximum absolute atomic E-state index is 10.7. The SMILES string of the molecule is COc1ccc([C@@H](C#Cc2ccccc2)N(O)Cc2ccccc2)cc1. The molecular formula is C23H21NO2. The first-order valence-corrected chi connectivity index (χ1v) is 8.46. The van der Waals surface area contributed by atoms with Gasteiger partial charge in [0.2, 0.25) is 0 Å². The van der Waals surface area contributed by atoms with Gasteiger partial charge in [0.1, 0.15) is 11.8 Å². The topological polar surface area (TPSA) is 32.7 Å². The molecule has 0 unspecified atom stereocenters. The molecule has 3 rings (SSSR count). The third-order valence-corrected chi connectivity index (χ3v) is 4.04. The molecule has 3 nitrogen and oxygen atoms in total. The standard InChI is InChI=1S/C23H21NO2/c1-26-22-15-13-21(14-16-22)23(17-12-19-8-4-2-5-9-19)24(25)18-20-10-6-3-7-11-20/h2-11,13-16,23,25H,18H2,1H3/t23-/m1/s1. The van der Waals surface area contributed by atoms with Crippen molar-refractivity contribution in [3.63, 3.8) is 0 Å². The summed E-state index contributed by atoms with van der Waals surface area (Å²) in [6.45, 7) is 0.390. The first-order chi connectivity index (χ1) is 12.8. The predicted molar refractivity (Wildman–Crippen MR) is 103 cm³/mol. The number of methoxy groups -OCH3 is 1. The van der Waals surface area contributed by atoms with Gasteiger partial charge in [0.25, 0.3) is 0 Å². The summed E-state index contributed by atoms with van der Waals surface area (Å²) >= 11 is 0. The Morgan fingerprint density at radius 1 is 0.885 bits per heavy atom. The quantitative estimate of drug-likeness (QED) is 0.539. The summed E-state index contributed by atoms with van der Waals surface area (Å²) in [5.74, 6) is 7.12. The Hall–Kier alpha value is -3.06. The molecule has 0 aromatic heterocycles. The highest BCUT2D eigenvalue weighted by Crippen LogP contribution is 2.23. The molecule has 0 aliphatic rings. The first kappa shape index (κ1) is 17.8. The van der Waals surface area contributed by atoms with Crippen molar-refractivity contribution in [2.75, 3.05) is 7.11 Å². The van der Waals surface area contributed by atoms with E-state index in [2.05, 4.69) is 11.8 Å². The Morgan fingerprint density at radius 2 is 1.50 bits per heavy atom. The molecule has 3 aromatic rings. The predicted octanol–water partition coefficient (Wildman–Crippen LogP) is 4.68. The third kappa shape index (κ3) is 4.73. The molecule has 0 aliphatic heterocycles. The zero-order valence-electron chi connectivity index (χ0n) is 14.7. The number of nitrogens with zero attached hydrogens (tertiary/aromatic N) is 1. The third-order valence-electron chi connectivity index (χ3n) is 4.04. The molecule has 3 aromatic carbocycles. The molecule has 0 spiro atoms. The molecular weight excluding hydrogens is 322 g/mol. The molecule has 1 N–H and O–H groups in total. The van der Waals surface area contributed by atoms with E-state index in [0.29, 0.717) is 6.54 Å². The first-order valence-electron chi connectivity index (χ1n) is 8.46. The molecule has 0 aliphatic carbocycles. The van der Waals surface area contributed by atoms with Crippen molar-refractivity contribution < 1.29 is 9.94 Å². The van der Waals surface area contributed by atoms with Crippen LogP contribution in [-0.2, 0) is 6.54 Å². The number of hydrogen-bond acceptors (Lipinski definition) is 3. The lowest BCUT2D eigenvalue weighted by Gasteiger charge is -2.22. The minimum absolute atomic E-state index is 0.390. The van der Waals surface area contributed by atoms with Crippen LogP contribution in [0, 0.1) is 11.8 Å². The van der Waals surface area contributed by atoms with Crippen LogP contribution >= 0.6 is 0 Å². The van der Waals surface area contributed by atoms with E-state index in [0.717, 1.165) is 22.4 Å². The summed E-state index contributed by atoms with van der Waals surface area (Å²) in [5, 5.41) is 12.0. The van der Waals surface area contributed by atoms with E-state index in [1.165, 1.54) is 5.06 Å². The minimum atomic E-state index is -0.443. The van der Waals surface area contributed by atoms with Crippen LogP contribution in [0.2, 0.25) is 0 Å². The van der Waals surface area contributed by atoms with Gasteiger partial charge in [-0.2, -0.15) is 5.06 Å². The van der Waals surface area contributed by atoms with E-state index in [1.807, 2.05) is 84.9 Å². The Morgan fingerprint density at radius 3 is 2.12 bits per heavy atom. The van der Waals surface area contributed by atoms with Gasteiger partial charge in [0.15, 0.2) is 0 Å². The largest absolute Gasteiger partial charge is 0.497 e. The minimum Gasteiger partial charge on any atom is -0.497 e. The second-order valence-electron chi connectivity index (χ2n) is 5.89. The van der Waals surface area contributed by atoms with E-state index in [4.69, 9.17) is 4.74 Å². The zero-order chi connectivity index (χ0) is 18.2. The van der Waals surface area contributed by atoms with Gasteiger partial charge in [-0.3, -0.25) is 0 Å². The van der Waals surface area contributed by atoms with Crippen molar-refractivity contribution in [1.29, 1.82) is 0 Å². The fraction of sp³-hybridized carbons (Fsp3) is 0.130. The van der Waals surface area contributed by atoms with Crippen molar-refractivity contribution in [3.05, 3.63) is 102 Å². The van der Waals surface area contributed by atoms with Crippen molar-refractivity contribution in [3.8, 4) is 17.6 Å². The van der Waals surface area contributed by atoms with Gasteiger partial charge < -0.3 is 9.94 Å². The summed E-state index contributed by atoms with van der Waals surface area (Å²) in [7, 11) is 1.63. The number of hydroxylamine groups is 2. The molecule has 0 saturated carbocycles. The Bertz CT molecular complexity index is 865. The number of rotatable bonds is 5. The average molecular weight is 343 g/mol. The van der Waals surface area contributed by atoms with Crippen LogP contribution < -0.4 is 4.74 Å². The molecule has 1 atom stereocenters. The second kappa shape index (κ2) is 8.87. The van der Waals surface area contributed by atoms with E-state index >= 15 is 0 Å². The second-order valence-corrected chi connectivity index (χ2v) is 5.89. The van der Waals surface area contributed by atoms with E-state index < -0.39 is 6.04 Å². The molecule has 0 bridgehead atoms. The number of ether oxygens (including phenoxy) is 1. The van der Waals surface area contributed by atoms with Gasteiger partial charge in [-0.25, -0.2) is 0 Å². The van der Waals surface area contributed by atoms with Gasteiger partial charge in [0, 0.05) is 5.56 Å². The average Bonchev–Trinajstić information content (AvgIpc) is 2.70. The summed E-state index contributed by atoms with van der Waals surface area (Å²) in [5.41, 5.74) is 2.85. The van der Waals surface area contributed by atoms with E-state index in [-0.39, 0.29) is 0 Å². The lowest BCUT2D eigenvalue weighted by molar-refractivity contribution is -0.121. The van der Waals surface area contributed by atoms with Crippen molar-refractivity contribution in [1.82, 2.24) is 5.06 Å². The van der Waals surface area contributed by atoms with Crippen molar-refractivity contribution in [2.45, 2.75) is 12.6 Å². The zero-order valence-corrected chi connectivity index (χ0v) is 14.7. The number of hydrogen-bond donors (Lipinski definition) is 1. The van der Waals surface area contributed by atoms with Gasteiger partial charge >= 0.3 is 0 Å². The lowest BCUT2D eigenvalue weighted by atomic mass is 10.1. The molecule has 0 fully saturated rings. The summed E-state index contributed by atoms with van der Waals surface area (Å²) < 4.78 is 5.22. The molecule has 0 radical (unpaired) electrons. The highest BCUT2D eigenvalue weighted by molar-refractivity contribution is 5.39. The van der Waals surface area contributed by atoms with Crippen LogP contribution in [0.5, 0.6) is 5.75 Å². The Balaban J connectivity index is 1.88. The van der Waals surface area contributed by atoms with Crippen molar-refractivity contribution >= 4 is 0 Å². The monoisotopic (exact) mass is 343 g/mol. The maximum atomic E-state index is 10.7. The maximum Gasteiger partial charge on any atom is 0.121 e. The van der Waals surface area contributed by atoms with Crippen LogP contribution in [0.3, 0.4) is 0 Å². The highest BCUT2D eigenvalue weighted by Gasteiger charge is 2.17. The fourth-order valence-electron chi connectivity index (χ4n) is 2.65. The van der Waals surface area contributed by atoms with Crippen molar-refractivity contribution in [2.24, 2.45) is 0 Å². The highest BCUT2D eigenvalue weighted by atomic mass is 16.5. The summed E-state index contributed by atoms with van der Waals surface area (Å²) in [6, 6.07) is 26.8. The number of benzene rings is 3. The van der Waals surface area contributed by atoms with Gasteiger partial charge in [-0.05, 0) is 35.4 Å². The molecule has 0 heterocycles. The van der Waals surface area contributed by atoms with Crippen LogP contribution in [0.25, 0.3) is 0 Å². The Kier molecular flexibility index (Phi) is 6.05. The van der Waals surface area contributed by atoms with Crippen LogP contribution in [0.1, 0.15) is 22.7 Å². The fourth-order valence-corrected chi connectivity index (χ4v) is 2.65. The Labute approximate surface area is 154 Å². The molecule has 3 heteroatoms. The molecule has 0 amide bonds. The van der Waals surface area contributed by atoms with E-state index in [9.17, 15) is 5.21 Å². The molecule has 26 heavy (non-hydrogen) atoms. The molecule has 0 saturated heterocycles. The molecule has 130 valence electrons. The van der Waals surface area contributed by atoms with Gasteiger partial charge in [-0.1, -0.05) is 72.5 Å². The van der Waals surface area contributed by atoms with Gasteiger partial charge in [0.05, 0.1) is 13.7 Å². The smallest absolute Gasteiger partial charge is 0.121 e. The van der Waals surface area contributed by atoms with Crippen LogP contribution in [-0.4, -0.2) is 17.4 Å². The normalized spacial score (nSPS) is 11.5. The van der Waals surface area contributed by atoms with Gasteiger partial charge in [-0.15, -0.1) is 0 Å². The van der Waals surface area contributed by atoms with Crippen LogP contribution in [0.15, 0.2) is 84.9 Å². The van der Waals surface area contributed by atoms with Crippen LogP contribution in [0.4, 0.5) is 0 Å². The summed E-state index contributed by atoms with van der Waals surface area (Å²) in [4.78, 5) is 0. The lowest BCUT2D eigenvalue weighted by Crippen LogP contribution is -2.24.